The molecule has 0 saturated carbocycles. The second-order valence-electron chi connectivity index (χ2n) is 12.2. The number of aromatic nitrogens is 1. The molecule has 8 heteroatoms. The van der Waals surface area contributed by atoms with Crippen molar-refractivity contribution in [1.29, 1.82) is 0 Å². The van der Waals surface area contributed by atoms with E-state index in [9.17, 15) is 9.59 Å². The van der Waals surface area contributed by atoms with Crippen molar-refractivity contribution in [2.75, 3.05) is 13.2 Å². The van der Waals surface area contributed by atoms with Gasteiger partial charge in [0.2, 0.25) is 0 Å². The van der Waals surface area contributed by atoms with Gasteiger partial charge in [-0.1, -0.05) is 105 Å². The van der Waals surface area contributed by atoms with Crippen molar-refractivity contribution >= 4 is 23.4 Å². The van der Waals surface area contributed by atoms with E-state index in [-0.39, 0.29) is 11.0 Å². The molecule has 1 aliphatic heterocycles. The number of hydrogen-bond acceptors (Lipinski definition) is 7. The van der Waals surface area contributed by atoms with Gasteiger partial charge in [-0.15, -0.1) is 0 Å². The molecule has 0 spiro atoms. The van der Waals surface area contributed by atoms with Crippen molar-refractivity contribution < 1.29 is 19.0 Å². The molecule has 6 rings (SSSR count). The Labute approximate surface area is 277 Å². The summed E-state index contributed by atoms with van der Waals surface area (Å²) in [7, 11) is 0. The molecule has 0 fully saturated rings. The summed E-state index contributed by atoms with van der Waals surface area (Å²) >= 11 is 1.29. The molecule has 47 heavy (non-hydrogen) atoms. The normalized spacial score (nSPS) is 14.7. The van der Waals surface area contributed by atoms with Gasteiger partial charge in [-0.3, -0.25) is 9.36 Å². The van der Waals surface area contributed by atoms with Gasteiger partial charge >= 0.3 is 5.97 Å². The summed E-state index contributed by atoms with van der Waals surface area (Å²) in [5.41, 5.74) is 3.53. The Morgan fingerprint density at radius 2 is 1.47 bits per heavy atom. The number of thiazole rings is 1. The second-order valence-corrected chi connectivity index (χ2v) is 13.2. The fourth-order valence-electron chi connectivity index (χ4n) is 5.40. The Morgan fingerprint density at radius 3 is 2.15 bits per heavy atom. The maximum atomic E-state index is 14.0. The Morgan fingerprint density at radius 1 is 0.830 bits per heavy atom. The van der Waals surface area contributed by atoms with E-state index < -0.39 is 12.0 Å². The molecule has 5 aromatic rings. The zero-order valence-electron chi connectivity index (χ0n) is 26.8. The summed E-state index contributed by atoms with van der Waals surface area (Å²) < 4.78 is 19.7. The number of fused-ring (bicyclic) bond motifs is 1. The SMILES string of the molecule is CC1=C(C(=O)Oc2ccccc2)[C@@H](c2ccccc2)n2c(s/c(=C/c3cccc(OCCOc4ccc(C(C)(C)C)cc4)c3)c2=O)=N1. The lowest BCUT2D eigenvalue weighted by atomic mass is 9.87. The van der Waals surface area contributed by atoms with Gasteiger partial charge in [-0.2, -0.15) is 0 Å². The Kier molecular flexibility index (Phi) is 9.22. The lowest BCUT2D eigenvalue weighted by Crippen LogP contribution is -2.40. The highest BCUT2D eigenvalue weighted by Crippen LogP contribution is 2.31. The summed E-state index contributed by atoms with van der Waals surface area (Å²) in [6.45, 7) is 9.09. The van der Waals surface area contributed by atoms with Crippen LogP contribution >= 0.6 is 11.3 Å². The molecule has 0 bridgehead atoms. The summed E-state index contributed by atoms with van der Waals surface area (Å²) in [5.74, 6) is 1.34. The highest BCUT2D eigenvalue weighted by molar-refractivity contribution is 7.07. The van der Waals surface area contributed by atoms with Gasteiger partial charge in [-0.05, 0) is 71.5 Å². The molecule has 0 aliphatic carbocycles. The van der Waals surface area contributed by atoms with Gasteiger partial charge in [-0.25, -0.2) is 9.79 Å². The summed E-state index contributed by atoms with van der Waals surface area (Å²) in [4.78, 5) is 32.8. The molecule has 0 amide bonds. The molecule has 1 aromatic heterocycles. The van der Waals surface area contributed by atoms with Gasteiger partial charge in [0.05, 0.1) is 21.8 Å². The molecular formula is C39H36N2O5S. The number of carbonyl (C=O) groups excluding carboxylic acids is 1. The van der Waals surface area contributed by atoms with E-state index in [4.69, 9.17) is 19.2 Å². The molecule has 1 atom stereocenters. The van der Waals surface area contributed by atoms with E-state index in [1.165, 1.54) is 16.9 Å². The minimum absolute atomic E-state index is 0.0886. The van der Waals surface area contributed by atoms with Crippen molar-refractivity contribution in [3.05, 3.63) is 157 Å². The average molecular weight is 645 g/mol. The first kappa shape index (κ1) is 31.8. The third-order valence-corrected chi connectivity index (χ3v) is 8.79. The molecule has 4 aromatic carbocycles. The predicted molar refractivity (Wildman–Crippen MR) is 185 cm³/mol. The van der Waals surface area contributed by atoms with Crippen molar-refractivity contribution in [2.24, 2.45) is 4.99 Å². The van der Waals surface area contributed by atoms with Crippen LogP contribution in [0.3, 0.4) is 0 Å². The van der Waals surface area contributed by atoms with Crippen LogP contribution in [0.2, 0.25) is 0 Å². The van der Waals surface area contributed by atoms with E-state index in [1.807, 2.05) is 78.9 Å². The fourth-order valence-corrected chi connectivity index (χ4v) is 6.45. The minimum Gasteiger partial charge on any atom is -0.490 e. The minimum atomic E-state index is -0.690. The standard InChI is InChI=1S/C39H36N2O5S/c1-26-34(37(43)46-31-15-9-6-10-16-31)35(28-13-7-5-8-14-28)41-36(42)33(47-38(41)40-26)25-27-12-11-17-32(24-27)45-23-22-44-30-20-18-29(19-21-30)39(2,3)4/h5-21,24-25,35H,22-23H2,1-4H3/b33-25+/t35-/m1/s1. The monoisotopic (exact) mass is 644 g/mol. The molecule has 0 N–H and O–H groups in total. The van der Waals surface area contributed by atoms with Crippen molar-refractivity contribution in [3.63, 3.8) is 0 Å². The Balaban J connectivity index is 1.23. The van der Waals surface area contributed by atoms with Gasteiger partial charge in [0.1, 0.15) is 30.5 Å². The molecule has 238 valence electrons. The zero-order chi connectivity index (χ0) is 33.0. The van der Waals surface area contributed by atoms with E-state index >= 15 is 0 Å². The number of hydrogen-bond donors (Lipinski definition) is 0. The number of nitrogens with zero attached hydrogens (tertiary/aromatic N) is 2. The predicted octanol–water partition coefficient (Wildman–Crippen LogP) is 6.60. The highest BCUT2D eigenvalue weighted by atomic mass is 32.1. The largest absolute Gasteiger partial charge is 0.490 e. The molecule has 1 aliphatic rings. The van der Waals surface area contributed by atoms with Crippen LogP contribution in [-0.2, 0) is 10.2 Å². The lowest BCUT2D eigenvalue weighted by Gasteiger charge is -2.24. The summed E-state index contributed by atoms with van der Waals surface area (Å²) in [6.07, 6.45) is 1.83. The highest BCUT2D eigenvalue weighted by Gasteiger charge is 2.33. The fraction of sp³-hybridized carbons (Fsp3) is 0.205. The van der Waals surface area contributed by atoms with Crippen LogP contribution < -0.4 is 29.1 Å². The number of benzene rings is 4. The zero-order valence-corrected chi connectivity index (χ0v) is 27.6. The van der Waals surface area contributed by atoms with Crippen LogP contribution in [-0.4, -0.2) is 23.8 Å². The first-order valence-electron chi connectivity index (χ1n) is 15.5. The van der Waals surface area contributed by atoms with Crippen LogP contribution in [0.1, 0.15) is 50.4 Å². The summed E-state index contributed by atoms with van der Waals surface area (Å²) in [6, 6.07) is 33.4. The molecule has 2 heterocycles. The Bertz CT molecular complexity index is 2090. The van der Waals surface area contributed by atoms with Gasteiger partial charge in [0.25, 0.3) is 5.56 Å². The first-order valence-corrected chi connectivity index (χ1v) is 16.3. The smallest absolute Gasteiger partial charge is 0.343 e. The number of carbonyl (C=O) groups is 1. The van der Waals surface area contributed by atoms with Crippen molar-refractivity contribution in [1.82, 2.24) is 4.57 Å². The quantitative estimate of drug-likeness (QED) is 0.103. The molecule has 0 radical (unpaired) electrons. The van der Waals surface area contributed by atoms with Gasteiger partial charge in [0, 0.05) is 0 Å². The molecule has 0 unspecified atom stereocenters. The number of esters is 1. The van der Waals surface area contributed by atoms with E-state index in [0.29, 0.717) is 45.3 Å². The van der Waals surface area contributed by atoms with Crippen LogP contribution in [0.25, 0.3) is 6.08 Å². The third kappa shape index (κ3) is 7.28. The van der Waals surface area contributed by atoms with Crippen LogP contribution in [0.15, 0.2) is 130 Å². The third-order valence-electron chi connectivity index (χ3n) is 7.81. The Hall–Kier alpha value is -5.21. The molecular weight excluding hydrogens is 609 g/mol. The second kappa shape index (κ2) is 13.6. The number of allylic oxidation sites excluding steroid dienone is 1. The number of rotatable bonds is 9. The maximum Gasteiger partial charge on any atom is 0.343 e. The van der Waals surface area contributed by atoms with E-state index in [0.717, 1.165) is 16.9 Å². The molecule has 7 nitrogen and oxygen atoms in total. The average Bonchev–Trinajstić information content (AvgIpc) is 3.36. The lowest BCUT2D eigenvalue weighted by molar-refractivity contribution is -0.130. The van der Waals surface area contributed by atoms with Gasteiger partial charge < -0.3 is 14.2 Å². The molecule has 0 saturated heterocycles. The van der Waals surface area contributed by atoms with Crippen molar-refractivity contribution in [3.8, 4) is 17.2 Å². The number of para-hydroxylation sites is 1. The van der Waals surface area contributed by atoms with Gasteiger partial charge in [0.15, 0.2) is 4.80 Å². The van der Waals surface area contributed by atoms with Crippen LogP contribution in [0.5, 0.6) is 17.2 Å². The summed E-state index contributed by atoms with van der Waals surface area (Å²) in [5, 5.41) is 0. The number of ether oxygens (including phenoxy) is 3. The van der Waals surface area contributed by atoms with Crippen molar-refractivity contribution in [2.45, 2.75) is 39.2 Å². The maximum absolute atomic E-state index is 14.0. The van der Waals surface area contributed by atoms with E-state index in [1.54, 1.807) is 35.8 Å². The van der Waals surface area contributed by atoms with Crippen LogP contribution in [0.4, 0.5) is 0 Å². The van der Waals surface area contributed by atoms with E-state index in [2.05, 4.69) is 32.9 Å². The van der Waals surface area contributed by atoms with Crippen LogP contribution in [0, 0.1) is 0 Å². The topological polar surface area (TPSA) is 79.1 Å². The first-order chi connectivity index (χ1) is 22.7.